The van der Waals surface area contributed by atoms with Gasteiger partial charge < -0.3 is 20.1 Å². The topological polar surface area (TPSA) is 126 Å². The van der Waals surface area contributed by atoms with Crippen molar-refractivity contribution in [2.75, 3.05) is 29.5 Å². The summed E-state index contributed by atoms with van der Waals surface area (Å²) >= 11 is 6.80. The zero-order chi connectivity index (χ0) is 32.1. The maximum Gasteiger partial charge on any atom is 0.321 e. The molecule has 46 heavy (non-hydrogen) atoms. The standard InChI is InChI=1S/C33H28ClFN6O4S/c34-29-25(22-9-10-27-28(16-22)40(20-37-27)17-21-5-4-6-23(35)15-21)11-13-36-30(29)39-31(42)26-12-14-46(44,45)33(26)18-41(19-33)32(43)38-24-7-2-1-3-8-24/h1-11,13,15-16,20,26H,12,14,17-19H2,(H,38,43)(H,36,39,42). The third kappa shape index (κ3) is 5.27. The Labute approximate surface area is 269 Å². The van der Waals surface area contributed by atoms with E-state index in [1.54, 1.807) is 42.7 Å². The number of urea groups is 1. The Hall–Kier alpha value is -4.81. The van der Waals surface area contributed by atoms with Crippen molar-refractivity contribution in [3.63, 3.8) is 0 Å². The molecule has 2 N–H and O–H groups in total. The van der Waals surface area contributed by atoms with Crippen LogP contribution in [0.25, 0.3) is 22.2 Å². The van der Waals surface area contributed by atoms with Gasteiger partial charge in [0.1, 0.15) is 10.6 Å². The number of halogens is 2. The van der Waals surface area contributed by atoms with E-state index in [-0.39, 0.29) is 41.9 Å². The van der Waals surface area contributed by atoms with Crippen molar-refractivity contribution in [2.24, 2.45) is 5.92 Å². The number of anilines is 2. The largest absolute Gasteiger partial charge is 0.326 e. The number of hydrogen-bond acceptors (Lipinski definition) is 6. The number of amides is 3. The van der Waals surface area contributed by atoms with Gasteiger partial charge in [0.15, 0.2) is 15.7 Å². The number of rotatable bonds is 6. The molecule has 1 spiro atoms. The molecule has 2 saturated heterocycles. The Morgan fingerprint density at radius 2 is 1.78 bits per heavy atom. The van der Waals surface area contributed by atoms with Gasteiger partial charge in [0.25, 0.3) is 0 Å². The van der Waals surface area contributed by atoms with Crippen LogP contribution < -0.4 is 10.6 Å². The van der Waals surface area contributed by atoms with E-state index < -0.39 is 32.4 Å². The van der Waals surface area contributed by atoms with Crippen molar-refractivity contribution in [1.29, 1.82) is 0 Å². The third-order valence-electron chi connectivity index (χ3n) is 8.78. The molecule has 2 aliphatic heterocycles. The molecule has 2 aliphatic rings. The van der Waals surface area contributed by atoms with E-state index in [1.807, 2.05) is 34.9 Å². The number of carbonyl (C=O) groups is 2. The van der Waals surface area contributed by atoms with Gasteiger partial charge in [-0.25, -0.2) is 27.6 Å². The highest BCUT2D eigenvalue weighted by molar-refractivity contribution is 7.93. The van der Waals surface area contributed by atoms with Gasteiger partial charge in [0.05, 0.1) is 34.1 Å². The third-order valence-corrected chi connectivity index (χ3v) is 11.7. The maximum atomic E-state index is 13.8. The van der Waals surface area contributed by atoms with Crippen LogP contribution in [-0.2, 0) is 21.2 Å². The first kappa shape index (κ1) is 29.9. The van der Waals surface area contributed by atoms with Crippen LogP contribution in [0.5, 0.6) is 0 Å². The monoisotopic (exact) mass is 658 g/mol. The highest BCUT2D eigenvalue weighted by atomic mass is 35.5. The number of nitrogens with one attached hydrogen (secondary N) is 2. The number of imidazole rings is 1. The van der Waals surface area contributed by atoms with Crippen LogP contribution in [0.4, 0.5) is 20.7 Å². The van der Waals surface area contributed by atoms with Gasteiger partial charge in [0.2, 0.25) is 5.91 Å². The molecule has 0 bridgehead atoms. The molecule has 7 rings (SSSR count). The van der Waals surface area contributed by atoms with Gasteiger partial charge >= 0.3 is 6.03 Å². The molecular weight excluding hydrogens is 631 g/mol. The zero-order valence-corrected chi connectivity index (χ0v) is 25.9. The smallest absolute Gasteiger partial charge is 0.321 e. The molecule has 3 aromatic carbocycles. The predicted octanol–water partition coefficient (Wildman–Crippen LogP) is 5.60. The summed E-state index contributed by atoms with van der Waals surface area (Å²) in [6.45, 7) is 0.244. The minimum Gasteiger partial charge on any atom is -0.326 e. The van der Waals surface area contributed by atoms with E-state index in [0.717, 1.165) is 22.2 Å². The number of sulfone groups is 1. The lowest BCUT2D eigenvalue weighted by Gasteiger charge is -2.49. The van der Waals surface area contributed by atoms with E-state index in [9.17, 15) is 22.4 Å². The van der Waals surface area contributed by atoms with E-state index in [1.165, 1.54) is 23.2 Å². The minimum absolute atomic E-state index is 0.0867. The first-order valence-electron chi connectivity index (χ1n) is 14.6. The molecular formula is C33H28ClFN6O4S. The van der Waals surface area contributed by atoms with Gasteiger partial charge in [-0.2, -0.15) is 0 Å². The second-order valence-corrected chi connectivity index (χ2v) is 14.4. The summed E-state index contributed by atoms with van der Waals surface area (Å²) in [5, 5.41) is 5.72. The summed E-state index contributed by atoms with van der Waals surface area (Å²) in [6.07, 6.45) is 3.34. The quantitative estimate of drug-likeness (QED) is 0.245. The van der Waals surface area contributed by atoms with Crippen LogP contribution >= 0.6 is 11.6 Å². The second kappa shape index (κ2) is 11.5. The van der Waals surface area contributed by atoms with Crippen molar-refractivity contribution in [3.05, 3.63) is 108 Å². The highest BCUT2D eigenvalue weighted by Crippen LogP contribution is 2.46. The number of para-hydroxylation sites is 1. The van der Waals surface area contributed by atoms with Crippen molar-refractivity contribution in [1.82, 2.24) is 19.4 Å². The second-order valence-electron chi connectivity index (χ2n) is 11.6. The Kier molecular flexibility index (Phi) is 7.48. The Morgan fingerprint density at radius 3 is 2.57 bits per heavy atom. The molecule has 4 heterocycles. The fourth-order valence-corrected chi connectivity index (χ4v) is 8.93. The summed E-state index contributed by atoms with van der Waals surface area (Å²) in [5.74, 6) is -1.75. The van der Waals surface area contributed by atoms with Crippen LogP contribution in [0, 0.1) is 11.7 Å². The number of hydrogen-bond donors (Lipinski definition) is 2. The van der Waals surface area contributed by atoms with Crippen molar-refractivity contribution < 1.29 is 22.4 Å². The Bertz CT molecular complexity index is 2100. The zero-order valence-electron chi connectivity index (χ0n) is 24.4. The summed E-state index contributed by atoms with van der Waals surface area (Å²) in [5.41, 5.74) is 4.29. The Morgan fingerprint density at radius 1 is 0.978 bits per heavy atom. The van der Waals surface area contributed by atoms with Crippen LogP contribution in [0.15, 0.2) is 91.4 Å². The van der Waals surface area contributed by atoms with E-state index in [2.05, 4.69) is 20.6 Å². The van der Waals surface area contributed by atoms with Gasteiger partial charge in [-0.1, -0.05) is 48.0 Å². The van der Waals surface area contributed by atoms with Gasteiger partial charge in [0, 0.05) is 37.1 Å². The van der Waals surface area contributed by atoms with Gasteiger partial charge in [-0.05, 0) is 60.0 Å². The molecule has 13 heteroatoms. The summed E-state index contributed by atoms with van der Waals surface area (Å²) in [7, 11) is -3.65. The average molecular weight is 659 g/mol. The highest BCUT2D eigenvalue weighted by Gasteiger charge is 2.64. The first-order chi connectivity index (χ1) is 22.1. The molecule has 234 valence electrons. The fraction of sp³-hybridized carbons (Fsp3) is 0.212. The number of carbonyl (C=O) groups excluding carboxylic acids is 2. The first-order valence-corrected chi connectivity index (χ1v) is 16.6. The molecule has 2 aromatic heterocycles. The van der Waals surface area contributed by atoms with Crippen LogP contribution in [0.1, 0.15) is 12.0 Å². The van der Waals surface area contributed by atoms with E-state index in [0.29, 0.717) is 17.8 Å². The maximum absolute atomic E-state index is 13.8. The van der Waals surface area contributed by atoms with Gasteiger partial charge in [-0.3, -0.25) is 4.79 Å². The molecule has 1 atom stereocenters. The van der Waals surface area contributed by atoms with Crippen LogP contribution in [0.3, 0.4) is 0 Å². The van der Waals surface area contributed by atoms with Gasteiger partial charge in [-0.15, -0.1) is 0 Å². The van der Waals surface area contributed by atoms with E-state index >= 15 is 0 Å². The summed E-state index contributed by atoms with van der Waals surface area (Å²) < 4.78 is 40.7. The van der Waals surface area contributed by atoms with Crippen molar-refractivity contribution >= 4 is 55.9 Å². The molecule has 3 amide bonds. The summed E-state index contributed by atoms with van der Waals surface area (Å²) in [6, 6.07) is 22.2. The predicted molar refractivity (Wildman–Crippen MR) is 174 cm³/mol. The van der Waals surface area contributed by atoms with Crippen LogP contribution in [-0.4, -0.2) is 63.4 Å². The van der Waals surface area contributed by atoms with Crippen molar-refractivity contribution in [3.8, 4) is 11.1 Å². The molecule has 5 aromatic rings. The SMILES string of the molecule is O=C(Nc1nccc(-c2ccc3ncn(Cc4cccc(F)c4)c3c2)c1Cl)C1CCS(=O)(=O)C12CN(C(=O)Nc1ccccc1)C2. The lowest BCUT2D eigenvalue weighted by molar-refractivity contribution is -0.122. The molecule has 0 radical (unpaired) electrons. The number of pyridine rings is 1. The number of nitrogens with zero attached hydrogens (tertiary/aromatic N) is 4. The number of benzene rings is 3. The van der Waals surface area contributed by atoms with E-state index in [4.69, 9.17) is 11.6 Å². The lowest BCUT2D eigenvalue weighted by atomic mass is 9.82. The molecule has 0 saturated carbocycles. The molecule has 1 unspecified atom stereocenters. The minimum atomic E-state index is -3.65. The number of likely N-dealkylation sites (tertiary alicyclic amines) is 1. The van der Waals surface area contributed by atoms with Crippen molar-refractivity contribution in [2.45, 2.75) is 17.7 Å². The number of aromatic nitrogens is 3. The Balaban J connectivity index is 1.10. The fourth-order valence-electron chi connectivity index (χ4n) is 6.35. The number of fused-ring (bicyclic) bond motifs is 1. The normalized spacial score (nSPS) is 18.0. The average Bonchev–Trinajstić information content (AvgIpc) is 3.54. The molecule has 0 aliphatic carbocycles. The lowest BCUT2D eigenvalue weighted by Crippen LogP contribution is -2.70. The van der Waals surface area contributed by atoms with Crippen LogP contribution in [0.2, 0.25) is 5.02 Å². The summed E-state index contributed by atoms with van der Waals surface area (Å²) in [4.78, 5) is 36.6. The molecule has 2 fully saturated rings. The molecule has 10 nitrogen and oxygen atoms in total.